The predicted octanol–water partition coefficient (Wildman–Crippen LogP) is 0.0326. The number of rotatable bonds is 6. The monoisotopic (exact) mass is 263 g/mol. The molecular weight excluding hydrogens is 240 g/mol. The standard InChI is InChI=1S/C15H22N2O2/c1-19-14-6-4-13(5-7-14)12-15(18)16-8-11-17-9-2-3-10-17/h4-7H,2-3,8-12H2,1H3,(H,16,18)/p+1. The fraction of sp³-hybridized carbons (Fsp3) is 0.533. The number of carbonyl (C=O) groups is 1. The van der Waals surface area contributed by atoms with Gasteiger partial charge in [-0.3, -0.25) is 4.79 Å². The Kier molecular flexibility index (Phi) is 5.21. The maximum absolute atomic E-state index is 11.8. The van der Waals surface area contributed by atoms with Crippen molar-refractivity contribution >= 4 is 5.91 Å². The first-order valence-corrected chi connectivity index (χ1v) is 7.01. The summed E-state index contributed by atoms with van der Waals surface area (Å²) in [5.41, 5.74) is 1.02. The molecule has 0 aromatic heterocycles. The van der Waals surface area contributed by atoms with E-state index in [0.717, 1.165) is 24.4 Å². The fourth-order valence-corrected chi connectivity index (χ4v) is 2.49. The number of amides is 1. The van der Waals surface area contributed by atoms with Crippen molar-refractivity contribution < 1.29 is 14.4 Å². The summed E-state index contributed by atoms with van der Waals surface area (Å²) in [5, 5.41) is 3.00. The van der Waals surface area contributed by atoms with E-state index in [0.29, 0.717) is 6.42 Å². The van der Waals surface area contributed by atoms with Gasteiger partial charge in [-0.15, -0.1) is 0 Å². The molecule has 1 aromatic carbocycles. The van der Waals surface area contributed by atoms with Gasteiger partial charge in [0.1, 0.15) is 5.75 Å². The molecule has 1 amide bonds. The summed E-state index contributed by atoms with van der Waals surface area (Å²) in [5.74, 6) is 0.922. The van der Waals surface area contributed by atoms with Gasteiger partial charge in [-0.2, -0.15) is 0 Å². The van der Waals surface area contributed by atoms with Crippen LogP contribution in [0, 0.1) is 0 Å². The van der Waals surface area contributed by atoms with E-state index in [1.54, 1.807) is 12.0 Å². The Bertz CT molecular complexity index is 397. The largest absolute Gasteiger partial charge is 0.497 e. The normalized spacial score (nSPS) is 15.4. The lowest BCUT2D eigenvalue weighted by Crippen LogP contribution is -3.10. The van der Waals surface area contributed by atoms with Gasteiger partial charge in [-0.05, 0) is 17.7 Å². The number of nitrogens with one attached hydrogen (secondary N) is 2. The predicted molar refractivity (Wildman–Crippen MR) is 74.5 cm³/mol. The van der Waals surface area contributed by atoms with Crippen molar-refractivity contribution in [2.45, 2.75) is 19.3 Å². The number of carbonyl (C=O) groups excluding carboxylic acids is 1. The third-order valence-electron chi connectivity index (χ3n) is 3.64. The van der Waals surface area contributed by atoms with E-state index in [-0.39, 0.29) is 5.91 Å². The first-order chi connectivity index (χ1) is 9.28. The highest BCUT2D eigenvalue weighted by Crippen LogP contribution is 2.11. The first-order valence-electron chi connectivity index (χ1n) is 7.01. The quantitative estimate of drug-likeness (QED) is 0.760. The van der Waals surface area contributed by atoms with Crippen LogP contribution in [-0.2, 0) is 11.2 Å². The Morgan fingerprint density at radius 3 is 2.58 bits per heavy atom. The van der Waals surface area contributed by atoms with Crippen LogP contribution in [0.25, 0.3) is 0 Å². The average molecular weight is 263 g/mol. The van der Waals surface area contributed by atoms with Crippen molar-refractivity contribution in [1.29, 1.82) is 0 Å². The van der Waals surface area contributed by atoms with Gasteiger partial charge in [-0.25, -0.2) is 0 Å². The lowest BCUT2D eigenvalue weighted by atomic mass is 10.1. The van der Waals surface area contributed by atoms with Crippen LogP contribution < -0.4 is 15.0 Å². The molecule has 1 aliphatic rings. The topological polar surface area (TPSA) is 42.8 Å². The molecule has 19 heavy (non-hydrogen) atoms. The minimum Gasteiger partial charge on any atom is -0.497 e. The van der Waals surface area contributed by atoms with Gasteiger partial charge in [-0.1, -0.05) is 12.1 Å². The van der Waals surface area contributed by atoms with Gasteiger partial charge in [0, 0.05) is 12.8 Å². The molecule has 1 saturated heterocycles. The van der Waals surface area contributed by atoms with E-state index < -0.39 is 0 Å². The zero-order chi connectivity index (χ0) is 13.5. The van der Waals surface area contributed by atoms with Crippen LogP contribution in [0.1, 0.15) is 18.4 Å². The van der Waals surface area contributed by atoms with Crippen molar-refractivity contribution in [3.8, 4) is 5.75 Å². The Hall–Kier alpha value is -1.55. The molecule has 2 N–H and O–H groups in total. The molecule has 4 heteroatoms. The summed E-state index contributed by atoms with van der Waals surface area (Å²) in [6.07, 6.45) is 3.10. The molecule has 0 unspecified atom stereocenters. The van der Waals surface area contributed by atoms with E-state index in [2.05, 4.69) is 5.32 Å². The van der Waals surface area contributed by atoms with Crippen LogP contribution in [-0.4, -0.2) is 39.2 Å². The fourth-order valence-electron chi connectivity index (χ4n) is 2.49. The second-order valence-corrected chi connectivity index (χ2v) is 5.08. The summed E-state index contributed by atoms with van der Waals surface area (Å²) in [7, 11) is 1.64. The molecular formula is C15H23N2O2+. The van der Waals surface area contributed by atoms with Gasteiger partial charge < -0.3 is 15.0 Å². The van der Waals surface area contributed by atoms with Gasteiger partial charge in [0.15, 0.2) is 0 Å². The van der Waals surface area contributed by atoms with E-state index in [4.69, 9.17) is 4.74 Å². The zero-order valence-electron chi connectivity index (χ0n) is 11.6. The maximum Gasteiger partial charge on any atom is 0.224 e. The van der Waals surface area contributed by atoms with E-state index in [1.165, 1.54) is 25.9 Å². The lowest BCUT2D eigenvalue weighted by molar-refractivity contribution is -0.886. The van der Waals surface area contributed by atoms with Crippen molar-refractivity contribution in [2.24, 2.45) is 0 Å². The third kappa shape index (κ3) is 4.56. The molecule has 1 aliphatic heterocycles. The number of ether oxygens (including phenoxy) is 1. The van der Waals surface area contributed by atoms with E-state index >= 15 is 0 Å². The van der Waals surface area contributed by atoms with E-state index in [9.17, 15) is 4.79 Å². The summed E-state index contributed by atoms with van der Waals surface area (Å²) in [4.78, 5) is 13.4. The Labute approximate surface area is 114 Å². The molecule has 0 bridgehead atoms. The van der Waals surface area contributed by atoms with Crippen molar-refractivity contribution in [1.82, 2.24) is 5.32 Å². The number of likely N-dealkylation sites (tertiary alicyclic amines) is 1. The second kappa shape index (κ2) is 7.14. The molecule has 2 rings (SSSR count). The molecule has 0 aliphatic carbocycles. The van der Waals surface area contributed by atoms with Gasteiger partial charge in [0.25, 0.3) is 0 Å². The summed E-state index contributed by atoms with van der Waals surface area (Å²) < 4.78 is 5.09. The van der Waals surface area contributed by atoms with Crippen molar-refractivity contribution in [2.75, 3.05) is 33.3 Å². The van der Waals surface area contributed by atoms with Gasteiger partial charge >= 0.3 is 0 Å². The first kappa shape index (κ1) is 13.9. The minimum atomic E-state index is 0.101. The van der Waals surface area contributed by atoms with Crippen molar-refractivity contribution in [3.05, 3.63) is 29.8 Å². The number of hydrogen-bond donors (Lipinski definition) is 2. The van der Waals surface area contributed by atoms with Crippen molar-refractivity contribution in [3.63, 3.8) is 0 Å². The van der Waals surface area contributed by atoms with E-state index in [1.807, 2.05) is 24.3 Å². The Balaban J connectivity index is 1.68. The van der Waals surface area contributed by atoms with Crippen LogP contribution in [0.15, 0.2) is 24.3 Å². The molecule has 104 valence electrons. The maximum atomic E-state index is 11.8. The van der Waals surface area contributed by atoms with Crippen LogP contribution in [0.4, 0.5) is 0 Å². The highest BCUT2D eigenvalue weighted by Gasteiger charge is 2.14. The Morgan fingerprint density at radius 2 is 1.95 bits per heavy atom. The zero-order valence-corrected chi connectivity index (χ0v) is 11.6. The van der Waals surface area contributed by atoms with Crippen LogP contribution >= 0.6 is 0 Å². The molecule has 1 heterocycles. The summed E-state index contributed by atoms with van der Waals surface area (Å²) >= 11 is 0. The smallest absolute Gasteiger partial charge is 0.224 e. The average Bonchev–Trinajstić information content (AvgIpc) is 2.93. The minimum absolute atomic E-state index is 0.101. The number of benzene rings is 1. The molecule has 0 atom stereocenters. The van der Waals surface area contributed by atoms with Gasteiger partial charge in [0.2, 0.25) is 5.91 Å². The highest BCUT2D eigenvalue weighted by molar-refractivity contribution is 5.78. The third-order valence-corrected chi connectivity index (χ3v) is 3.64. The summed E-state index contributed by atoms with van der Waals surface area (Å²) in [6, 6.07) is 7.64. The number of quaternary nitrogens is 1. The molecule has 0 spiro atoms. The summed E-state index contributed by atoms with van der Waals surface area (Å²) in [6.45, 7) is 4.35. The number of hydrogen-bond acceptors (Lipinski definition) is 2. The molecule has 1 aromatic rings. The van der Waals surface area contributed by atoms with Crippen LogP contribution in [0.2, 0.25) is 0 Å². The highest BCUT2D eigenvalue weighted by atomic mass is 16.5. The Morgan fingerprint density at radius 1 is 1.26 bits per heavy atom. The van der Waals surface area contributed by atoms with Crippen LogP contribution in [0.5, 0.6) is 5.75 Å². The van der Waals surface area contributed by atoms with Crippen LogP contribution in [0.3, 0.4) is 0 Å². The van der Waals surface area contributed by atoms with Gasteiger partial charge in [0.05, 0.1) is 39.7 Å². The molecule has 1 fully saturated rings. The molecule has 0 saturated carbocycles. The molecule has 0 radical (unpaired) electrons. The number of methoxy groups -OCH3 is 1. The second-order valence-electron chi connectivity index (χ2n) is 5.08. The molecule has 4 nitrogen and oxygen atoms in total. The lowest BCUT2D eigenvalue weighted by Gasteiger charge is -2.12. The SMILES string of the molecule is COc1ccc(CC(=O)NCC[NH+]2CCCC2)cc1.